The van der Waals surface area contributed by atoms with Crippen LogP contribution in [-0.2, 0) is 0 Å². The second kappa shape index (κ2) is 4.24. The highest BCUT2D eigenvalue weighted by molar-refractivity contribution is 6.32. The quantitative estimate of drug-likeness (QED) is 0.723. The molecule has 0 saturated carbocycles. The van der Waals surface area contributed by atoms with E-state index in [1.807, 2.05) is 30.3 Å². The zero-order valence-electron chi connectivity index (χ0n) is 7.85. The Hall–Kier alpha value is -1.67. The summed E-state index contributed by atoms with van der Waals surface area (Å²) in [6.07, 6.45) is 2.23. The molecule has 0 N–H and O–H groups in total. The van der Waals surface area contributed by atoms with Crippen LogP contribution in [-0.4, -0.2) is 11.3 Å². The van der Waals surface area contributed by atoms with Crippen LogP contribution in [0.4, 0.5) is 0 Å². The third-order valence-electron chi connectivity index (χ3n) is 2.08. The Bertz CT molecular complexity index is 482. The Labute approximate surface area is 92.5 Å². The molecule has 0 aliphatic heterocycles. The van der Waals surface area contributed by atoms with Crippen LogP contribution in [0.5, 0.6) is 0 Å². The molecule has 1 heterocycles. The zero-order chi connectivity index (χ0) is 10.7. The van der Waals surface area contributed by atoms with Gasteiger partial charge in [-0.05, 0) is 6.07 Å². The van der Waals surface area contributed by atoms with Crippen LogP contribution in [0.15, 0.2) is 42.6 Å². The molecule has 2 rings (SSSR count). The molecule has 2 nitrogen and oxygen atoms in total. The molecule has 0 radical (unpaired) electrons. The van der Waals surface area contributed by atoms with Gasteiger partial charge in [0.05, 0.1) is 10.7 Å². The van der Waals surface area contributed by atoms with E-state index in [1.165, 1.54) is 6.20 Å². The van der Waals surface area contributed by atoms with Gasteiger partial charge in [0.1, 0.15) is 0 Å². The van der Waals surface area contributed by atoms with Gasteiger partial charge in [-0.1, -0.05) is 41.9 Å². The zero-order valence-corrected chi connectivity index (χ0v) is 8.61. The van der Waals surface area contributed by atoms with Crippen molar-refractivity contribution in [2.24, 2.45) is 0 Å². The summed E-state index contributed by atoms with van der Waals surface area (Å²) in [6.45, 7) is 0. The molecule has 3 heteroatoms. The van der Waals surface area contributed by atoms with Crippen molar-refractivity contribution in [1.82, 2.24) is 4.98 Å². The maximum Gasteiger partial charge on any atom is 0.151 e. The number of carbonyl (C=O) groups excluding carboxylic acids is 1. The van der Waals surface area contributed by atoms with E-state index < -0.39 is 0 Å². The molecule has 0 spiro atoms. The minimum absolute atomic E-state index is 0.379. The van der Waals surface area contributed by atoms with E-state index in [9.17, 15) is 4.79 Å². The predicted molar refractivity (Wildman–Crippen MR) is 60.1 cm³/mol. The van der Waals surface area contributed by atoms with Crippen LogP contribution < -0.4 is 0 Å². The molecule has 0 atom stereocenters. The summed E-state index contributed by atoms with van der Waals surface area (Å²) in [6, 6.07) is 11.3. The summed E-state index contributed by atoms with van der Waals surface area (Å²) >= 11 is 5.79. The van der Waals surface area contributed by atoms with Crippen molar-refractivity contribution in [2.45, 2.75) is 0 Å². The number of carbonyl (C=O) groups is 1. The molecule has 1 aromatic carbocycles. The highest BCUT2D eigenvalue weighted by Crippen LogP contribution is 2.21. The molecule has 0 saturated heterocycles. The molecule has 0 unspecified atom stereocenters. The summed E-state index contributed by atoms with van der Waals surface area (Å²) in [5.41, 5.74) is 2.19. The summed E-state index contributed by atoms with van der Waals surface area (Å²) in [7, 11) is 0. The second-order valence-electron chi connectivity index (χ2n) is 3.07. The number of benzene rings is 1. The highest BCUT2D eigenvalue weighted by atomic mass is 35.5. The number of halogens is 1. The fourth-order valence-corrected chi connectivity index (χ4v) is 1.46. The Morgan fingerprint density at radius 1 is 1.20 bits per heavy atom. The van der Waals surface area contributed by atoms with Gasteiger partial charge in [0.2, 0.25) is 0 Å². The fourth-order valence-electron chi connectivity index (χ4n) is 1.31. The van der Waals surface area contributed by atoms with Crippen LogP contribution in [0.2, 0.25) is 5.02 Å². The molecule has 0 fully saturated rings. The molecule has 74 valence electrons. The maximum absolute atomic E-state index is 10.7. The number of hydrogen-bond acceptors (Lipinski definition) is 2. The Morgan fingerprint density at radius 2 is 1.93 bits per heavy atom. The second-order valence-corrected chi connectivity index (χ2v) is 3.48. The van der Waals surface area contributed by atoms with Gasteiger partial charge in [-0.2, -0.15) is 0 Å². The first-order valence-corrected chi connectivity index (χ1v) is 4.85. The van der Waals surface area contributed by atoms with Crippen molar-refractivity contribution >= 4 is 17.9 Å². The lowest BCUT2D eigenvalue weighted by Crippen LogP contribution is -1.88. The third kappa shape index (κ3) is 2.05. The molecule has 15 heavy (non-hydrogen) atoms. The van der Waals surface area contributed by atoms with Crippen LogP contribution in [0, 0.1) is 0 Å². The van der Waals surface area contributed by atoms with Gasteiger partial charge in [-0.3, -0.25) is 9.78 Å². The number of pyridine rings is 1. The summed E-state index contributed by atoms with van der Waals surface area (Å²) in [5.74, 6) is 0. The number of hydrogen-bond donors (Lipinski definition) is 0. The number of nitrogens with zero attached hydrogens (tertiary/aromatic N) is 1. The SMILES string of the molecule is O=Cc1cc(-c2ccccc2)ncc1Cl. The number of aromatic nitrogens is 1. The number of rotatable bonds is 2. The molecular weight excluding hydrogens is 210 g/mol. The van der Waals surface area contributed by atoms with E-state index in [0.29, 0.717) is 10.6 Å². The van der Waals surface area contributed by atoms with Crippen molar-refractivity contribution in [3.05, 3.63) is 53.2 Å². The normalized spacial score (nSPS) is 9.93. The monoisotopic (exact) mass is 217 g/mol. The van der Waals surface area contributed by atoms with E-state index in [4.69, 9.17) is 11.6 Å². The number of aldehydes is 1. The lowest BCUT2D eigenvalue weighted by atomic mass is 10.1. The molecule has 0 amide bonds. The van der Waals surface area contributed by atoms with E-state index in [-0.39, 0.29) is 0 Å². The largest absolute Gasteiger partial charge is 0.298 e. The van der Waals surface area contributed by atoms with E-state index >= 15 is 0 Å². The van der Waals surface area contributed by atoms with Crippen LogP contribution >= 0.6 is 11.6 Å². The van der Waals surface area contributed by atoms with E-state index in [1.54, 1.807) is 6.07 Å². The Kier molecular flexibility index (Phi) is 2.79. The highest BCUT2D eigenvalue weighted by Gasteiger charge is 2.03. The molecule has 0 aliphatic rings. The Balaban J connectivity index is 2.51. The maximum atomic E-state index is 10.7. The fraction of sp³-hybridized carbons (Fsp3) is 0. The third-order valence-corrected chi connectivity index (χ3v) is 2.40. The van der Waals surface area contributed by atoms with Gasteiger partial charge in [-0.25, -0.2) is 0 Å². The lowest BCUT2D eigenvalue weighted by molar-refractivity contribution is 0.112. The topological polar surface area (TPSA) is 30.0 Å². The predicted octanol–water partition coefficient (Wildman–Crippen LogP) is 3.21. The van der Waals surface area contributed by atoms with Crippen molar-refractivity contribution in [2.75, 3.05) is 0 Å². The van der Waals surface area contributed by atoms with Crippen molar-refractivity contribution in [1.29, 1.82) is 0 Å². The summed E-state index contributed by atoms with van der Waals surface area (Å²) < 4.78 is 0. The molecule has 0 bridgehead atoms. The van der Waals surface area contributed by atoms with Crippen molar-refractivity contribution in [3.63, 3.8) is 0 Å². The van der Waals surface area contributed by atoms with Crippen LogP contribution in [0.3, 0.4) is 0 Å². The Morgan fingerprint density at radius 3 is 2.60 bits per heavy atom. The van der Waals surface area contributed by atoms with Gasteiger partial charge in [0.25, 0.3) is 0 Å². The summed E-state index contributed by atoms with van der Waals surface area (Å²) in [5, 5.41) is 0.379. The first kappa shape index (κ1) is 9.87. The first-order chi connectivity index (χ1) is 7.31. The van der Waals surface area contributed by atoms with E-state index in [0.717, 1.165) is 17.5 Å². The van der Waals surface area contributed by atoms with Gasteiger partial charge in [0.15, 0.2) is 6.29 Å². The standard InChI is InChI=1S/C12H8ClNO/c13-11-7-14-12(6-10(11)8-15)9-4-2-1-3-5-9/h1-8H. The molecule has 0 aliphatic carbocycles. The van der Waals surface area contributed by atoms with Gasteiger partial charge in [-0.15, -0.1) is 0 Å². The first-order valence-electron chi connectivity index (χ1n) is 4.47. The minimum atomic E-state index is 0.379. The average molecular weight is 218 g/mol. The van der Waals surface area contributed by atoms with Gasteiger partial charge >= 0.3 is 0 Å². The van der Waals surface area contributed by atoms with Crippen molar-refractivity contribution < 1.29 is 4.79 Å². The van der Waals surface area contributed by atoms with Gasteiger partial charge < -0.3 is 0 Å². The smallest absolute Gasteiger partial charge is 0.151 e. The van der Waals surface area contributed by atoms with Crippen molar-refractivity contribution in [3.8, 4) is 11.3 Å². The minimum Gasteiger partial charge on any atom is -0.298 e. The molecule has 1 aromatic heterocycles. The van der Waals surface area contributed by atoms with E-state index in [2.05, 4.69) is 4.98 Å². The molecule has 2 aromatic rings. The van der Waals surface area contributed by atoms with Crippen LogP contribution in [0.25, 0.3) is 11.3 Å². The molecular formula is C12H8ClNO. The van der Waals surface area contributed by atoms with Gasteiger partial charge in [0, 0.05) is 17.3 Å². The lowest BCUT2D eigenvalue weighted by Gasteiger charge is -2.02. The average Bonchev–Trinajstić information content (AvgIpc) is 2.31. The van der Waals surface area contributed by atoms with Crippen LogP contribution in [0.1, 0.15) is 10.4 Å². The summed E-state index contributed by atoms with van der Waals surface area (Å²) in [4.78, 5) is 14.9.